The van der Waals surface area contributed by atoms with E-state index in [0.29, 0.717) is 18.8 Å². The summed E-state index contributed by atoms with van der Waals surface area (Å²) >= 11 is 0. The van der Waals surface area contributed by atoms with Crippen LogP contribution in [0.4, 0.5) is 5.69 Å². The fourth-order valence-corrected chi connectivity index (χ4v) is 2.11. The molecule has 0 saturated carbocycles. The summed E-state index contributed by atoms with van der Waals surface area (Å²) < 4.78 is 11.0. The SMILES string of the molecule is COC1(CNc2ccnc(C(=O)N(C)C)c2)CCOC1. The topological polar surface area (TPSA) is 63.7 Å². The van der Waals surface area contributed by atoms with Crippen molar-refractivity contribution in [3.8, 4) is 0 Å². The molecular formula is C14H21N3O3. The Balaban J connectivity index is 2.03. The predicted octanol–water partition coefficient (Wildman–Crippen LogP) is 1.00. The largest absolute Gasteiger partial charge is 0.382 e. The van der Waals surface area contributed by atoms with Crippen LogP contribution in [-0.2, 0) is 9.47 Å². The number of hydrogen-bond donors (Lipinski definition) is 1. The molecule has 0 spiro atoms. The summed E-state index contributed by atoms with van der Waals surface area (Å²) in [6, 6.07) is 3.59. The molecule has 0 aliphatic carbocycles. The molecule has 2 heterocycles. The Morgan fingerprint density at radius 3 is 3.00 bits per heavy atom. The van der Waals surface area contributed by atoms with E-state index in [4.69, 9.17) is 9.47 Å². The molecule has 1 aromatic heterocycles. The molecule has 6 heteroatoms. The minimum atomic E-state index is -0.283. The average Bonchev–Trinajstić information content (AvgIpc) is 2.94. The van der Waals surface area contributed by atoms with E-state index in [-0.39, 0.29) is 11.5 Å². The summed E-state index contributed by atoms with van der Waals surface area (Å²) in [4.78, 5) is 17.5. The number of aromatic nitrogens is 1. The summed E-state index contributed by atoms with van der Waals surface area (Å²) in [6.45, 7) is 1.95. The van der Waals surface area contributed by atoms with Crippen molar-refractivity contribution in [2.24, 2.45) is 0 Å². The number of nitrogens with one attached hydrogen (secondary N) is 1. The Morgan fingerprint density at radius 2 is 2.40 bits per heavy atom. The molecule has 1 amide bonds. The third-order valence-corrected chi connectivity index (χ3v) is 3.50. The lowest BCUT2D eigenvalue weighted by molar-refractivity contribution is -0.00620. The van der Waals surface area contributed by atoms with Crippen LogP contribution >= 0.6 is 0 Å². The van der Waals surface area contributed by atoms with Gasteiger partial charge in [-0.3, -0.25) is 9.78 Å². The quantitative estimate of drug-likeness (QED) is 0.871. The van der Waals surface area contributed by atoms with Crippen molar-refractivity contribution in [3.05, 3.63) is 24.0 Å². The lowest BCUT2D eigenvalue weighted by Gasteiger charge is -2.26. The van der Waals surface area contributed by atoms with Gasteiger partial charge < -0.3 is 19.7 Å². The van der Waals surface area contributed by atoms with Gasteiger partial charge in [-0.1, -0.05) is 0 Å². The maximum absolute atomic E-state index is 11.9. The van der Waals surface area contributed by atoms with Crippen molar-refractivity contribution < 1.29 is 14.3 Å². The number of pyridine rings is 1. The van der Waals surface area contributed by atoms with Gasteiger partial charge in [0, 0.05) is 52.7 Å². The summed E-state index contributed by atoms with van der Waals surface area (Å²) in [6.07, 6.45) is 2.49. The molecule has 1 saturated heterocycles. The Labute approximate surface area is 119 Å². The number of carbonyl (C=O) groups excluding carboxylic acids is 1. The van der Waals surface area contributed by atoms with Gasteiger partial charge in [-0.05, 0) is 12.1 Å². The van der Waals surface area contributed by atoms with Gasteiger partial charge in [-0.15, -0.1) is 0 Å². The predicted molar refractivity (Wildman–Crippen MR) is 75.9 cm³/mol. The van der Waals surface area contributed by atoms with Gasteiger partial charge in [0.25, 0.3) is 5.91 Å². The highest BCUT2D eigenvalue weighted by atomic mass is 16.5. The van der Waals surface area contributed by atoms with E-state index in [1.165, 1.54) is 4.90 Å². The van der Waals surface area contributed by atoms with E-state index < -0.39 is 0 Å². The molecule has 20 heavy (non-hydrogen) atoms. The molecule has 0 bridgehead atoms. The summed E-state index contributed by atoms with van der Waals surface area (Å²) in [5, 5.41) is 3.30. The van der Waals surface area contributed by atoms with E-state index in [2.05, 4.69) is 10.3 Å². The second kappa shape index (κ2) is 6.19. The van der Waals surface area contributed by atoms with Crippen LogP contribution in [-0.4, -0.2) is 62.4 Å². The maximum Gasteiger partial charge on any atom is 0.272 e. The number of hydrogen-bond acceptors (Lipinski definition) is 5. The third-order valence-electron chi connectivity index (χ3n) is 3.50. The second-order valence-electron chi connectivity index (χ2n) is 5.17. The van der Waals surface area contributed by atoms with Gasteiger partial charge in [-0.2, -0.15) is 0 Å². The molecule has 6 nitrogen and oxygen atoms in total. The van der Waals surface area contributed by atoms with Crippen LogP contribution < -0.4 is 5.32 Å². The third kappa shape index (κ3) is 3.26. The number of ether oxygens (including phenoxy) is 2. The van der Waals surface area contributed by atoms with E-state index in [9.17, 15) is 4.79 Å². The van der Waals surface area contributed by atoms with Crippen LogP contribution in [0.3, 0.4) is 0 Å². The molecule has 2 rings (SSSR count). The molecule has 110 valence electrons. The van der Waals surface area contributed by atoms with Crippen LogP contribution in [0, 0.1) is 0 Å². The van der Waals surface area contributed by atoms with Gasteiger partial charge in [0.2, 0.25) is 0 Å². The molecule has 0 aromatic carbocycles. The number of amides is 1. The highest BCUT2D eigenvalue weighted by molar-refractivity contribution is 5.92. The first kappa shape index (κ1) is 14.7. The Bertz CT molecular complexity index is 470. The average molecular weight is 279 g/mol. The van der Waals surface area contributed by atoms with Crippen LogP contribution in [0.25, 0.3) is 0 Å². The molecule has 1 atom stereocenters. The van der Waals surface area contributed by atoms with Crippen molar-refractivity contribution in [1.82, 2.24) is 9.88 Å². The van der Waals surface area contributed by atoms with Gasteiger partial charge in [0.15, 0.2) is 0 Å². The molecule has 1 aliphatic rings. The van der Waals surface area contributed by atoms with Crippen molar-refractivity contribution in [2.75, 3.05) is 46.3 Å². The molecule has 0 radical (unpaired) electrons. The fourth-order valence-electron chi connectivity index (χ4n) is 2.11. The molecule has 1 unspecified atom stereocenters. The Kier molecular flexibility index (Phi) is 4.57. The van der Waals surface area contributed by atoms with Crippen LogP contribution in [0.2, 0.25) is 0 Å². The van der Waals surface area contributed by atoms with Crippen LogP contribution in [0.5, 0.6) is 0 Å². The molecule has 1 N–H and O–H groups in total. The van der Waals surface area contributed by atoms with E-state index in [1.54, 1.807) is 33.5 Å². The fraction of sp³-hybridized carbons (Fsp3) is 0.571. The summed E-state index contributed by atoms with van der Waals surface area (Å²) in [5.41, 5.74) is 0.997. The standard InChI is InChI=1S/C14H21N3O3/c1-17(2)13(18)12-8-11(4-6-15-12)16-9-14(19-3)5-7-20-10-14/h4,6,8H,5,7,9-10H2,1-3H3,(H,15,16). The first-order valence-corrected chi connectivity index (χ1v) is 6.61. The van der Waals surface area contributed by atoms with Gasteiger partial charge >= 0.3 is 0 Å². The highest BCUT2D eigenvalue weighted by Gasteiger charge is 2.34. The molecule has 1 aromatic rings. The van der Waals surface area contributed by atoms with Crippen LogP contribution in [0.1, 0.15) is 16.9 Å². The summed E-state index contributed by atoms with van der Waals surface area (Å²) in [5.74, 6) is -0.112. The van der Waals surface area contributed by atoms with E-state index in [0.717, 1.165) is 18.7 Å². The second-order valence-corrected chi connectivity index (χ2v) is 5.17. The van der Waals surface area contributed by atoms with Crippen molar-refractivity contribution in [3.63, 3.8) is 0 Å². The molecule has 1 aliphatic heterocycles. The van der Waals surface area contributed by atoms with Crippen molar-refractivity contribution >= 4 is 11.6 Å². The lowest BCUT2D eigenvalue weighted by Crippen LogP contribution is -2.39. The van der Waals surface area contributed by atoms with Crippen LogP contribution in [0.15, 0.2) is 18.3 Å². The Morgan fingerprint density at radius 1 is 1.60 bits per heavy atom. The monoisotopic (exact) mass is 279 g/mol. The number of methoxy groups -OCH3 is 1. The Hall–Kier alpha value is -1.66. The minimum Gasteiger partial charge on any atom is -0.382 e. The molecule has 1 fully saturated rings. The van der Waals surface area contributed by atoms with E-state index in [1.807, 2.05) is 6.07 Å². The number of nitrogens with zero attached hydrogens (tertiary/aromatic N) is 2. The van der Waals surface area contributed by atoms with E-state index >= 15 is 0 Å². The zero-order chi connectivity index (χ0) is 14.6. The summed E-state index contributed by atoms with van der Waals surface area (Å²) in [7, 11) is 5.11. The minimum absolute atomic E-state index is 0.112. The zero-order valence-corrected chi connectivity index (χ0v) is 12.2. The highest BCUT2D eigenvalue weighted by Crippen LogP contribution is 2.23. The van der Waals surface area contributed by atoms with Gasteiger partial charge in [-0.25, -0.2) is 0 Å². The maximum atomic E-state index is 11.9. The first-order valence-electron chi connectivity index (χ1n) is 6.61. The smallest absolute Gasteiger partial charge is 0.272 e. The van der Waals surface area contributed by atoms with Crippen molar-refractivity contribution in [1.29, 1.82) is 0 Å². The molecular weight excluding hydrogens is 258 g/mol. The lowest BCUT2D eigenvalue weighted by atomic mass is 10.0. The zero-order valence-electron chi connectivity index (χ0n) is 12.2. The number of carbonyl (C=O) groups is 1. The van der Waals surface area contributed by atoms with Gasteiger partial charge in [0.05, 0.1) is 6.61 Å². The van der Waals surface area contributed by atoms with Gasteiger partial charge in [0.1, 0.15) is 11.3 Å². The normalized spacial score (nSPS) is 21.8. The number of anilines is 1. The van der Waals surface area contributed by atoms with Crippen molar-refractivity contribution in [2.45, 2.75) is 12.0 Å². The number of rotatable bonds is 5. The first-order chi connectivity index (χ1) is 9.56.